The lowest BCUT2D eigenvalue weighted by Crippen LogP contribution is -2.30. The second kappa shape index (κ2) is 6.22. The summed E-state index contributed by atoms with van der Waals surface area (Å²) in [5.41, 5.74) is 1.52. The van der Waals surface area contributed by atoms with Gasteiger partial charge in [0.25, 0.3) is 11.7 Å². The average Bonchev–Trinajstić information content (AvgIpc) is 2.96. The topological polar surface area (TPSA) is 62.0 Å². The minimum absolute atomic E-state index is 0.216. The van der Waals surface area contributed by atoms with Crippen LogP contribution < -0.4 is 5.32 Å². The molecule has 2 aromatic carbocycles. The van der Waals surface area contributed by atoms with Gasteiger partial charge in [0.05, 0.1) is 5.56 Å². The molecule has 0 unspecified atom stereocenters. The molecule has 116 valence electrons. The number of carbonyl (C=O) groups excluding carboxylic acids is 2. The maximum Gasteiger partial charge on any atom is 0.292 e. The molecule has 4 nitrogen and oxygen atoms in total. The predicted octanol–water partition coefficient (Wildman–Crippen LogP) is 3.46. The first-order valence-corrected chi connectivity index (χ1v) is 7.26. The second-order valence-electron chi connectivity index (χ2n) is 5.03. The first-order chi connectivity index (χ1) is 11.0. The van der Waals surface area contributed by atoms with E-state index in [9.17, 15) is 14.0 Å². The van der Waals surface area contributed by atoms with E-state index in [2.05, 4.69) is 10.3 Å². The predicted molar refractivity (Wildman–Crippen MR) is 85.9 cm³/mol. The molecule has 1 amide bonds. The molecular weight excluding hydrogens is 319 g/mol. The number of hydrogen-bond acceptors (Lipinski definition) is 2. The fourth-order valence-corrected chi connectivity index (χ4v) is 2.40. The molecule has 0 aliphatic carbocycles. The first-order valence-electron chi connectivity index (χ1n) is 6.88. The third-order valence-electron chi connectivity index (χ3n) is 3.46. The molecule has 0 saturated carbocycles. The molecule has 0 saturated heterocycles. The van der Waals surface area contributed by atoms with Gasteiger partial charge in [-0.15, -0.1) is 0 Å². The van der Waals surface area contributed by atoms with Crippen molar-refractivity contribution in [2.24, 2.45) is 0 Å². The molecule has 0 bridgehead atoms. The van der Waals surface area contributed by atoms with Gasteiger partial charge in [-0.25, -0.2) is 4.39 Å². The summed E-state index contributed by atoms with van der Waals surface area (Å²) in [6.45, 7) is 0.221. The summed E-state index contributed by atoms with van der Waals surface area (Å²) in [6.07, 6.45) is 1.41. The van der Waals surface area contributed by atoms with Gasteiger partial charge in [0.15, 0.2) is 0 Å². The molecule has 0 aliphatic rings. The van der Waals surface area contributed by atoms with Crippen LogP contribution in [0.25, 0.3) is 10.9 Å². The molecule has 3 rings (SSSR count). The van der Waals surface area contributed by atoms with Gasteiger partial charge in [-0.2, -0.15) is 0 Å². The van der Waals surface area contributed by atoms with Gasteiger partial charge in [-0.05, 0) is 35.9 Å². The molecule has 1 aromatic heterocycles. The molecule has 23 heavy (non-hydrogen) atoms. The third-order valence-corrected chi connectivity index (χ3v) is 3.71. The number of Topliss-reactive ketones (excluding diaryl/α,β-unsaturated/α-hetero) is 1. The number of carbonyl (C=O) groups is 2. The Balaban J connectivity index is 1.73. The van der Waals surface area contributed by atoms with Gasteiger partial charge in [-0.3, -0.25) is 9.59 Å². The zero-order valence-corrected chi connectivity index (χ0v) is 12.7. The number of halogens is 2. The lowest BCUT2D eigenvalue weighted by Gasteiger charge is -2.04. The van der Waals surface area contributed by atoms with Crippen LogP contribution in [-0.2, 0) is 11.3 Å². The fraction of sp³-hybridized carbons (Fsp3) is 0.0588. The summed E-state index contributed by atoms with van der Waals surface area (Å²) < 4.78 is 13.1. The van der Waals surface area contributed by atoms with Crippen LogP contribution in [0, 0.1) is 5.82 Å². The number of ketones is 1. The molecule has 0 spiro atoms. The summed E-state index contributed by atoms with van der Waals surface area (Å²) in [6, 6.07) is 10.9. The summed E-state index contributed by atoms with van der Waals surface area (Å²) in [5, 5.41) is 3.67. The van der Waals surface area contributed by atoms with E-state index >= 15 is 0 Å². The van der Waals surface area contributed by atoms with Crippen LogP contribution in [0.15, 0.2) is 48.7 Å². The molecule has 2 N–H and O–H groups in total. The Morgan fingerprint density at radius 3 is 2.61 bits per heavy atom. The SMILES string of the molecule is O=C(NCc1ccc(Cl)cc1)C(=O)c1c[nH]c2cc(F)ccc12. The smallest absolute Gasteiger partial charge is 0.292 e. The van der Waals surface area contributed by atoms with Gasteiger partial charge in [-0.1, -0.05) is 23.7 Å². The highest BCUT2D eigenvalue weighted by molar-refractivity contribution is 6.44. The van der Waals surface area contributed by atoms with Crippen molar-refractivity contribution in [1.29, 1.82) is 0 Å². The van der Waals surface area contributed by atoms with Crippen LogP contribution >= 0.6 is 11.6 Å². The van der Waals surface area contributed by atoms with Crippen LogP contribution in [0.1, 0.15) is 15.9 Å². The molecule has 0 fully saturated rings. The lowest BCUT2D eigenvalue weighted by molar-refractivity contribution is -0.117. The summed E-state index contributed by atoms with van der Waals surface area (Å²) in [5.74, 6) is -1.80. The Bertz CT molecular complexity index is 887. The number of rotatable bonds is 4. The molecular formula is C17H12ClFN2O2. The number of fused-ring (bicyclic) bond motifs is 1. The number of H-pyrrole nitrogens is 1. The Hall–Kier alpha value is -2.66. The highest BCUT2D eigenvalue weighted by Gasteiger charge is 2.19. The largest absolute Gasteiger partial charge is 0.360 e. The third kappa shape index (κ3) is 3.24. The van der Waals surface area contributed by atoms with Crippen LogP contribution in [0.5, 0.6) is 0 Å². The van der Waals surface area contributed by atoms with Crippen molar-refractivity contribution in [1.82, 2.24) is 10.3 Å². The van der Waals surface area contributed by atoms with Crippen LogP contribution in [0.4, 0.5) is 4.39 Å². The van der Waals surface area contributed by atoms with Crippen LogP contribution in [0.3, 0.4) is 0 Å². The van der Waals surface area contributed by atoms with E-state index in [0.29, 0.717) is 15.9 Å². The normalized spacial score (nSPS) is 10.7. The number of amides is 1. The van der Waals surface area contributed by atoms with Crippen LogP contribution in [0.2, 0.25) is 5.02 Å². The first kappa shape index (κ1) is 15.2. The maximum absolute atomic E-state index is 13.1. The van der Waals surface area contributed by atoms with Gasteiger partial charge in [0, 0.05) is 28.7 Å². The lowest BCUT2D eigenvalue weighted by atomic mass is 10.1. The van der Waals surface area contributed by atoms with E-state index in [0.717, 1.165) is 5.56 Å². The Morgan fingerprint density at radius 1 is 1.13 bits per heavy atom. The summed E-state index contributed by atoms with van der Waals surface area (Å²) in [4.78, 5) is 27.0. The number of aromatic nitrogens is 1. The zero-order valence-electron chi connectivity index (χ0n) is 11.9. The molecule has 0 aliphatic heterocycles. The van der Waals surface area contributed by atoms with E-state index in [1.54, 1.807) is 24.3 Å². The van der Waals surface area contributed by atoms with Gasteiger partial charge in [0.1, 0.15) is 5.82 Å². The molecule has 0 atom stereocenters. The highest BCUT2D eigenvalue weighted by atomic mass is 35.5. The number of nitrogens with one attached hydrogen (secondary N) is 2. The van der Waals surface area contributed by atoms with E-state index in [4.69, 9.17) is 11.6 Å². The van der Waals surface area contributed by atoms with Crippen molar-refractivity contribution >= 4 is 34.2 Å². The average molecular weight is 331 g/mol. The number of benzene rings is 2. The Morgan fingerprint density at radius 2 is 1.87 bits per heavy atom. The fourth-order valence-electron chi connectivity index (χ4n) is 2.27. The Labute approximate surface area is 136 Å². The Kier molecular flexibility index (Phi) is 4.12. The maximum atomic E-state index is 13.1. The van der Waals surface area contributed by atoms with Crippen molar-refractivity contribution in [3.63, 3.8) is 0 Å². The quantitative estimate of drug-likeness (QED) is 0.568. The summed E-state index contributed by atoms with van der Waals surface area (Å²) >= 11 is 5.79. The molecule has 3 aromatic rings. The van der Waals surface area contributed by atoms with E-state index in [-0.39, 0.29) is 12.1 Å². The zero-order chi connectivity index (χ0) is 16.4. The monoisotopic (exact) mass is 330 g/mol. The van der Waals surface area contributed by atoms with Gasteiger partial charge >= 0.3 is 0 Å². The van der Waals surface area contributed by atoms with Crippen molar-refractivity contribution in [2.45, 2.75) is 6.54 Å². The second-order valence-corrected chi connectivity index (χ2v) is 5.47. The van der Waals surface area contributed by atoms with Gasteiger partial charge < -0.3 is 10.3 Å². The van der Waals surface area contributed by atoms with E-state index < -0.39 is 17.5 Å². The van der Waals surface area contributed by atoms with Crippen molar-refractivity contribution < 1.29 is 14.0 Å². The minimum atomic E-state index is -0.717. The van der Waals surface area contributed by atoms with Crippen molar-refractivity contribution in [3.8, 4) is 0 Å². The number of aromatic amines is 1. The van der Waals surface area contributed by atoms with Crippen LogP contribution in [-0.4, -0.2) is 16.7 Å². The van der Waals surface area contributed by atoms with Crippen molar-refractivity contribution in [3.05, 3.63) is 70.6 Å². The molecule has 6 heteroatoms. The van der Waals surface area contributed by atoms with Crippen molar-refractivity contribution in [2.75, 3.05) is 0 Å². The molecule has 0 radical (unpaired) electrons. The standard InChI is InChI=1S/C17H12ClFN2O2/c18-11-3-1-10(2-4-11)8-21-17(23)16(22)14-9-20-15-7-12(19)5-6-13(14)15/h1-7,9,20H,8H2,(H,21,23). The summed E-state index contributed by atoms with van der Waals surface area (Å²) in [7, 11) is 0. The highest BCUT2D eigenvalue weighted by Crippen LogP contribution is 2.19. The van der Waals surface area contributed by atoms with E-state index in [1.165, 1.54) is 24.4 Å². The number of hydrogen-bond donors (Lipinski definition) is 2. The van der Waals surface area contributed by atoms with E-state index in [1.807, 2.05) is 0 Å². The minimum Gasteiger partial charge on any atom is -0.360 e. The van der Waals surface area contributed by atoms with Gasteiger partial charge in [0.2, 0.25) is 0 Å². The molecule has 1 heterocycles.